The molecule has 0 unspecified atom stereocenters. The molecule has 8 nitrogen and oxygen atoms in total. The Hall–Kier alpha value is -3.50. The first-order valence-electron chi connectivity index (χ1n) is 12.0. The number of urea groups is 1. The summed E-state index contributed by atoms with van der Waals surface area (Å²) in [6.45, 7) is 4.41. The van der Waals surface area contributed by atoms with Gasteiger partial charge in [0, 0.05) is 35.3 Å². The predicted octanol–water partition coefficient (Wildman–Crippen LogP) is 5.14. The van der Waals surface area contributed by atoms with Gasteiger partial charge in [-0.3, -0.25) is 9.78 Å². The second-order valence-electron chi connectivity index (χ2n) is 9.55. The number of nitrogens with zero attached hydrogens (tertiary/aromatic N) is 2. The summed E-state index contributed by atoms with van der Waals surface area (Å²) < 4.78 is 37.9. The molecule has 1 aromatic heterocycles. The Kier molecular flexibility index (Phi) is 8.03. The van der Waals surface area contributed by atoms with E-state index in [9.17, 15) is 22.4 Å². The zero-order valence-corrected chi connectivity index (χ0v) is 22.7. The number of aromatic nitrogens is 1. The van der Waals surface area contributed by atoms with E-state index >= 15 is 0 Å². The van der Waals surface area contributed by atoms with Gasteiger partial charge in [-0.2, -0.15) is 0 Å². The first-order chi connectivity index (χ1) is 17.9. The van der Waals surface area contributed by atoms with Crippen molar-refractivity contribution < 1.29 is 22.4 Å². The van der Waals surface area contributed by atoms with Crippen LogP contribution in [0.15, 0.2) is 54.7 Å². The molecule has 3 amide bonds. The maximum atomic E-state index is 14.0. The Morgan fingerprint density at radius 1 is 1.21 bits per heavy atom. The highest BCUT2D eigenvalue weighted by atomic mass is 35.5. The van der Waals surface area contributed by atoms with Gasteiger partial charge in [0.25, 0.3) is 0 Å². The van der Waals surface area contributed by atoms with Crippen molar-refractivity contribution in [2.24, 2.45) is 0 Å². The first kappa shape index (κ1) is 27.5. The van der Waals surface area contributed by atoms with E-state index in [2.05, 4.69) is 15.6 Å². The number of benzene rings is 2. The lowest BCUT2D eigenvalue weighted by Crippen LogP contribution is -2.43. The smallest absolute Gasteiger partial charge is 0.319 e. The molecular formula is C27H28ClFN4O4S. The zero-order chi connectivity index (χ0) is 27.6. The Morgan fingerprint density at radius 2 is 1.97 bits per heavy atom. The van der Waals surface area contributed by atoms with Crippen LogP contribution >= 0.6 is 11.6 Å². The molecule has 1 aliphatic heterocycles. The van der Waals surface area contributed by atoms with E-state index in [1.807, 2.05) is 38.1 Å². The Balaban J connectivity index is 1.55. The van der Waals surface area contributed by atoms with Crippen LogP contribution in [0.2, 0.25) is 5.02 Å². The predicted molar refractivity (Wildman–Crippen MR) is 147 cm³/mol. The monoisotopic (exact) mass is 558 g/mol. The molecule has 2 aromatic carbocycles. The molecule has 2 N–H and O–H groups in total. The normalized spacial score (nSPS) is 15.7. The largest absolute Gasteiger partial charge is 0.326 e. The van der Waals surface area contributed by atoms with Gasteiger partial charge in [0.05, 0.1) is 17.1 Å². The second-order valence-corrected chi connectivity index (χ2v) is 12.1. The number of pyridine rings is 1. The Morgan fingerprint density at radius 3 is 2.66 bits per heavy atom. The van der Waals surface area contributed by atoms with E-state index in [0.717, 1.165) is 22.9 Å². The molecule has 0 radical (unpaired) electrons. The second kappa shape index (κ2) is 11.1. The van der Waals surface area contributed by atoms with Crippen molar-refractivity contribution in [1.82, 2.24) is 10.3 Å². The summed E-state index contributed by atoms with van der Waals surface area (Å²) in [6.07, 6.45) is 3.12. The van der Waals surface area contributed by atoms with Crippen molar-refractivity contribution in [2.75, 3.05) is 23.0 Å². The van der Waals surface area contributed by atoms with Crippen LogP contribution in [0.25, 0.3) is 11.1 Å². The van der Waals surface area contributed by atoms with Crippen LogP contribution in [0.4, 0.5) is 20.6 Å². The van der Waals surface area contributed by atoms with Crippen LogP contribution in [0.1, 0.15) is 37.4 Å². The molecule has 1 saturated heterocycles. The van der Waals surface area contributed by atoms with Gasteiger partial charge in [-0.25, -0.2) is 17.6 Å². The molecule has 0 aliphatic carbocycles. The van der Waals surface area contributed by atoms with E-state index in [1.54, 1.807) is 17.2 Å². The number of carbonyl (C=O) groups is 2. The number of rotatable bonds is 7. The SMILES string of the molecule is CC(C)c1cc(-c2cccnc2CS(C)(=O)=O)ccc1N1CC[C@@H](NC(=O)Nc2ccc(Cl)cc2F)C1=O. The summed E-state index contributed by atoms with van der Waals surface area (Å²) in [4.78, 5) is 31.6. The van der Waals surface area contributed by atoms with Gasteiger partial charge in [0.15, 0.2) is 9.84 Å². The van der Waals surface area contributed by atoms with Crippen LogP contribution in [0, 0.1) is 5.82 Å². The van der Waals surface area contributed by atoms with Crippen LogP contribution < -0.4 is 15.5 Å². The molecule has 0 bridgehead atoms. The van der Waals surface area contributed by atoms with E-state index < -0.39 is 27.7 Å². The van der Waals surface area contributed by atoms with Crippen LogP contribution in [-0.2, 0) is 20.4 Å². The maximum absolute atomic E-state index is 14.0. The average Bonchev–Trinajstić information content (AvgIpc) is 3.19. The Labute approximate surface area is 226 Å². The average molecular weight is 559 g/mol. The van der Waals surface area contributed by atoms with Crippen molar-refractivity contribution in [3.8, 4) is 11.1 Å². The highest BCUT2D eigenvalue weighted by Crippen LogP contribution is 2.35. The third-order valence-electron chi connectivity index (χ3n) is 6.23. The zero-order valence-electron chi connectivity index (χ0n) is 21.2. The number of anilines is 2. The molecule has 38 heavy (non-hydrogen) atoms. The first-order valence-corrected chi connectivity index (χ1v) is 14.5. The molecule has 0 spiro atoms. The number of hydrogen-bond acceptors (Lipinski definition) is 5. The third kappa shape index (κ3) is 6.31. The number of amides is 3. The highest BCUT2D eigenvalue weighted by molar-refractivity contribution is 7.89. The minimum Gasteiger partial charge on any atom is -0.326 e. The fraction of sp³-hybridized carbons (Fsp3) is 0.296. The number of nitrogens with one attached hydrogen (secondary N) is 2. The van der Waals surface area contributed by atoms with Crippen molar-refractivity contribution >= 4 is 44.8 Å². The van der Waals surface area contributed by atoms with Crippen LogP contribution in [0.5, 0.6) is 0 Å². The van der Waals surface area contributed by atoms with Crippen molar-refractivity contribution in [3.05, 3.63) is 76.8 Å². The summed E-state index contributed by atoms with van der Waals surface area (Å²) in [5.41, 5.74) is 3.55. The minimum absolute atomic E-state index is 0.0440. The van der Waals surface area contributed by atoms with Gasteiger partial charge in [0.2, 0.25) is 5.91 Å². The minimum atomic E-state index is -3.28. The lowest BCUT2D eigenvalue weighted by Gasteiger charge is -2.23. The molecule has 1 fully saturated rings. The fourth-order valence-corrected chi connectivity index (χ4v) is 5.34. The van der Waals surface area contributed by atoms with Crippen molar-refractivity contribution in [2.45, 2.75) is 38.0 Å². The van der Waals surface area contributed by atoms with E-state index in [-0.39, 0.29) is 28.3 Å². The lowest BCUT2D eigenvalue weighted by molar-refractivity contribution is -0.118. The molecule has 1 aliphatic rings. The molecule has 0 saturated carbocycles. The summed E-state index contributed by atoms with van der Waals surface area (Å²) >= 11 is 5.75. The van der Waals surface area contributed by atoms with E-state index in [0.29, 0.717) is 24.2 Å². The van der Waals surface area contributed by atoms with Crippen molar-refractivity contribution in [3.63, 3.8) is 0 Å². The van der Waals surface area contributed by atoms with Gasteiger partial charge in [0.1, 0.15) is 11.9 Å². The van der Waals surface area contributed by atoms with Crippen molar-refractivity contribution in [1.29, 1.82) is 0 Å². The standard InChI is InChI=1S/C27H28ClFN4O4S/c1-16(2)20-13-17(19-5-4-11-30-24(19)15-38(3,36)37)6-9-25(20)33-12-10-23(26(33)34)32-27(35)31-22-8-7-18(28)14-21(22)29/h4-9,11,13-14,16,23H,10,12,15H2,1-3H3,(H2,31,32,35)/t23-/m1/s1. The van der Waals surface area contributed by atoms with Gasteiger partial charge in [-0.1, -0.05) is 37.6 Å². The van der Waals surface area contributed by atoms with Crippen LogP contribution in [0.3, 0.4) is 0 Å². The molecule has 11 heteroatoms. The molecular weight excluding hydrogens is 531 g/mol. The third-order valence-corrected chi connectivity index (χ3v) is 7.26. The number of halogens is 2. The highest BCUT2D eigenvalue weighted by Gasteiger charge is 2.35. The van der Waals surface area contributed by atoms with E-state index in [1.165, 1.54) is 18.4 Å². The summed E-state index contributed by atoms with van der Waals surface area (Å²) in [5.74, 6) is -1.08. The number of carbonyl (C=O) groups excluding carboxylic acids is 2. The van der Waals surface area contributed by atoms with Gasteiger partial charge in [-0.05, 0) is 59.9 Å². The van der Waals surface area contributed by atoms with Gasteiger partial charge in [-0.15, -0.1) is 0 Å². The summed E-state index contributed by atoms with van der Waals surface area (Å²) in [5, 5.41) is 5.25. The lowest BCUT2D eigenvalue weighted by atomic mass is 9.94. The molecule has 1 atom stereocenters. The number of sulfone groups is 1. The quantitative estimate of drug-likeness (QED) is 0.417. The van der Waals surface area contributed by atoms with Crippen LogP contribution in [-0.4, -0.2) is 44.2 Å². The fourth-order valence-electron chi connectivity index (χ4n) is 4.46. The molecule has 3 aromatic rings. The topological polar surface area (TPSA) is 108 Å². The van der Waals surface area contributed by atoms with Gasteiger partial charge >= 0.3 is 6.03 Å². The Bertz CT molecular complexity index is 1500. The maximum Gasteiger partial charge on any atom is 0.319 e. The van der Waals surface area contributed by atoms with Gasteiger partial charge < -0.3 is 15.5 Å². The molecule has 4 rings (SSSR count). The summed E-state index contributed by atoms with van der Waals surface area (Å²) in [6, 6.07) is 11.6. The molecule has 200 valence electrons. The molecule has 2 heterocycles. The van der Waals surface area contributed by atoms with E-state index in [4.69, 9.17) is 11.6 Å². The summed E-state index contributed by atoms with van der Waals surface area (Å²) in [7, 11) is -3.28. The number of hydrogen-bond donors (Lipinski definition) is 2.